The van der Waals surface area contributed by atoms with Gasteiger partial charge in [-0.3, -0.25) is 4.90 Å². The van der Waals surface area contributed by atoms with E-state index in [9.17, 15) is 5.11 Å². The number of phenolic OH excluding ortho intramolecular Hbond substituents is 1. The Balaban J connectivity index is 1.65. The SMILES string of the molecule is Cc1ncsc1CN1Cc2[nH]cnc2C(c2cccc(O)c2)C1. The van der Waals surface area contributed by atoms with E-state index in [1.165, 1.54) is 4.88 Å². The van der Waals surface area contributed by atoms with E-state index < -0.39 is 0 Å². The third-order valence-corrected chi connectivity index (χ3v) is 5.31. The molecule has 0 spiro atoms. The van der Waals surface area contributed by atoms with Gasteiger partial charge >= 0.3 is 0 Å². The number of hydrogen-bond donors (Lipinski definition) is 2. The van der Waals surface area contributed by atoms with E-state index >= 15 is 0 Å². The van der Waals surface area contributed by atoms with Crippen LogP contribution in [-0.4, -0.2) is 31.5 Å². The third-order valence-electron chi connectivity index (χ3n) is 4.39. The number of phenols is 1. The Bertz CT molecular complexity index is 825. The van der Waals surface area contributed by atoms with Gasteiger partial charge in [-0.05, 0) is 24.6 Å². The highest BCUT2D eigenvalue weighted by Gasteiger charge is 2.29. The van der Waals surface area contributed by atoms with Crippen molar-refractivity contribution in [3.8, 4) is 5.75 Å². The summed E-state index contributed by atoms with van der Waals surface area (Å²) in [6, 6.07) is 7.49. The van der Waals surface area contributed by atoms with Crippen LogP contribution in [-0.2, 0) is 13.1 Å². The van der Waals surface area contributed by atoms with Crippen LogP contribution >= 0.6 is 11.3 Å². The number of rotatable bonds is 3. The molecule has 3 heterocycles. The van der Waals surface area contributed by atoms with Gasteiger partial charge in [0, 0.05) is 30.4 Å². The summed E-state index contributed by atoms with van der Waals surface area (Å²) in [5.41, 5.74) is 6.37. The molecule has 1 unspecified atom stereocenters. The molecule has 1 aromatic carbocycles. The number of thiazole rings is 1. The number of aromatic nitrogens is 3. The van der Waals surface area contributed by atoms with Crippen LogP contribution in [0, 0.1) is 6.92 Å². The van der Waals surface area contributed by atoms with Gasteiger partial charge in [0.1, 0.15) is 5.75 Å². The van der Waals surface area contributed by atoms with Gasteiger partial charge in [-0.1, -0.05) is 12.1 Å². The maximum atomic E-state index is 9.80. The number of benzene rings is 1. The maximum Gasteiger partial charge on any atom is 0.115 e. The van der Waals surface area contributed by atoms with E-state index in [0.29, 0.717) is 5.75 Å². The van der Waals surface area contributed by atoms with Crippen molar-refractivity contribution in [2.24, 2.45) is 0 Å². The number of aromatic hydroxyl groups is 1. The molecule has 0 radical (unpaired) electrons. The molecule has 4 rings (SSSR count). The fourth-order valence-corrected chi connectivity index (χ4v) is 4.02. The van der Waals surface area contributed by atoms with E-state index in [2.05, 4.69) is 32.8 Å². The second-order valence-electron chi connectivity index (χ2n) is 5.94. The molecule has 1 atom stereocenters. The van der Waals surface area contributed by atoms with Crippen LogP contribution in [0.25, 0.3) is 0 Å². The van der Waals surface area contributed by atoms with Crippen LogP contribution in [0.5, 0.6) is 5.75 Å². The van der Waals surface area contributed by atoms with Gasteiger partial charge in [-0.25, -0.2) is 9.97 Å². The van der Waals surface area contributed by atoms with Crippen LogP contribution in [0.3, 0.4) is 0 Å². The van der Waals surface area contributed by atoms with Gasteiger partial charge in [0.25, 0.3) is 0 Å². The summed E-state index contributed by atoms with van der Waals surface area (Å²) >= 11 is 1.71. The first-order valence-corrected chi connectivity index (χ1v) is 8.51. The zero-order chi connectivity index (χ0) is 15.8. The standard InChI is InChI=1S/C17H18N4OS/c1-11-16(23-10-20-11)8-21-6-14(12-3-2-4-13(22)5-12)17-15(7-21)18-9-19-17/h2-5,9-10,14,22H,6-8H2,1H3,(H,18,19). The van der Waals surface area contributed by atoms with E-state index in [1.807, 2.05) is 17.6 Å². The Morgan fingerprint density at radius 2 is 2.30 bits per heavy atom. The topological polar surface area (TPSA) is 65.0 Å². The average Bonchev–Trinajstić information content (AvgIpc) is 3.16. The lowest BCUT2D eigenvalue weighted by atomic mass is 9.90. The lowest BCUT2D eigenvalue weighted by molar-refractivity contribution is 0.229. The van der Waals surface area contributed by atoms with Gasteiger partial charge < -0.3 is 10.1 Å². The molecule has 5 nitrogen and oxygen atoms in total. The van der Waals surface area contributed by atoms with Crippen molar-refractivity contribution < 1.29 is 5.11 Å². The molecule has 0 bridgehead atoms. The van der Waals surface area contributed by atoms with Crippen molar-refractivity contribution >= 4 is 11.3 Å². The zero-order valence-electron chi connectivity index (χ0n) is 12.9. The number of aromatic amines is 1. The first kappa shape index (κ1) is 14.4. The van der Waals surface area contributed by atoms with Gasteiger partial charge in [0.15, 0.2) is 0 Å². The predicted octanol–water partition coefficient (Wildman–Crippen LogP) is 3.03. The summed E-state index contributed by atoms with van der Waals surface area (Å²) in [7, 11) is 0. The van der Waals surface area contributed by atoms with Crippen LogP contribution in [0.2, 0.25) is 0 Å². The molecule has 0 fully saturated rings. The molecular formula is C17H18N4OS. The van der Waals surface area contributed by atoms with Crippen molar-refractivity contribution in [2.75, 3.05) is 6.54 Å². The highest BCUT2D eigenvalue weighted by molar-refractivity contribution is 7.09. The first-order valence-electron chi connectivity index (χ1n) is 7.63. The molecule has 118 valence electrons. The normalized spacial score (nSPS) is 18.0. The van der Waals surface area contributed by atoms with Gasteiger partial charge in [-0.15, -0.1) is 11.3 Å². The summed E-state index contributed by atoms with van der Waals surface area (Å²) in [4.78, 5) is 15.9. The fourth-order valence-electron chi connectivity index (χ4n) is 3.20. The lowest BCUT2D eigenvalue weighted by Gasteiger charge is -2.32. The number of imidazole rings is 1. The predicted molar refractivity (Wildman–Crippen MR) is 89.5 cm³/mol. The van der Waals surface area contributed by atoms with Gasteiger partial charge in [0.2, 0.25) is 0 Å². The van der Waals surface area contributed by atoms with E-state index in [-0.39, 0.29) is 5.92 Å². The summed E-state index contributed by atoms with van der Waals surface area (Å²) < 4.78 is 0. The second-order valence-corrected chi connectivity index (χ2v) is 6.88. The number of hydrogen-bond acceptors (Lipinski definition) is 5. The second kappa shape index (κ2) is 5.79. The molecule has 0 saturated carbocycles. The van der Waals surface area contributed by atoms with Crippen LogP contribution in [0.15, 0.2) is 36.1 Å². The first-order chi connectivity index (χ1) is 11.2. The minimum Gasteiger partial charge on any atom is -0.508 e. The fraction of sp³-hybridized carbons (Fsp3) is 0.294. The van der Waals surface area contributed by atoms with Crippen molar-refractivity contribution in [3.05, 3.63) is 63.6 Å². The number of nitrogens with one attached hydrogen (secondary N) is 1. The van der Waals surface area contributed by atoms with Crippen molar-refractivity contribution in [1.82, 2.24) is 19.9 Å². The Kier molecular flexibility index (Phi) is 3.63. The number of nitrogens with zero attached hydrogens (tertiary/aromatic N) is 3. The van der Waals surface area contributed by atoms with Crippen molar-refractivity contribution in [1.29, 1.82) is 0 Å². The Morgan fingerprint density at radius 1 is 1.39 bits per heavy atom. The number of aryl methyl sites for hydroxylation is 1. The molecule has 0 saturated heterocycles. The van der Waals surface area contributed by atoms with Crippen LogP contribution in [0.1, 0.15) is 33.4 Å². The highest BCUT2D eigenvalue weighted by atomic mass is 32.1. The lowest BCUT2D eigenvalue weighted by Crippen LogP contribution is -2.33. The summed E-state index contributed by atoms with van der Waals surface area (Å²) in [5.74, 6) is 0.473. The minimum absolute atomic E-state index is 0.172. The maximum absolute atomic E-state index is 9.80. The Morgan fingerprint density at radius 3 is 3.09 bits per heavy atom. The quantitative estimate of drug-likeness (QED) is 0.776. The largest absolute Gasteiger partial charge is 0.508 e. The summed E-state index contributed by atoms with van der Waals surface area (Å²) in [6.07, 6.45) is 1.77. The zero-order valence-corrected chi connectivity index (χ0v) is 13.7. The van der Waals surface area contributed by atoms with Crippen molar-refractivity contribution in [2.45, 2.75) is 25.9 Å². The molecule has 6 heteroatoms. The number of fused-ring (bicyclic) bond motifs is 1. The third kappa shape index (κ3) is 2.75. The molecule has 0 aliphatic carbocycles. The smallest absolute Gasteiger partial charge is 0.115 e. The minimum atomic E-state index is 0.172. The summed E-state index contributed by atoms with van der Waals surface area (Å²) in [5, 5.41) is 9.80. The number of H-pyrrole nitrogens is 1. The van der Waals surface area contributed by atoms with E-state index in [4.69, 9.17) is 0 Å². The van der Waals surface area contributed by atoms with Crippen molar-refractivity contribution in [3.63, 3.8) is 0 Å². The molecular weight excluding hydrogens is 308 g/mol. The van der Waals surface area contributed by atoms with Crippen LogP contribution < -0.4 is 0 Å². The highest BCUT2D eigenvalue weighted by Crippen LogP contribution is 2.33. The molecule has 3 aromatic rings. The molecule has 1 aliphatic rings. The molecule has 2 N–H and O–H groups in total. The van der Waals surface area contributed by atoms with Crippen LogP contribution in [0.4, 0.5) is 0 Å². The van der Waals surface area contributed by atoms with E-state index in [0.717, 1.165) is 42.3 Å². The van der Waals surface area contributed by atoms with Gasteiger partial charge in [-0.2, -0.15) is 0 Å². The monoisotopic (exact) mass is 326 g/mol. The molecule has 2 aromatic heterocycles. The molecule has 0 amide bonds. The molecule has 1 aliphatic heterocycles. The van der Waals surface area contributed by atoms with E-state index in [1.54, 1.807) is 23.7 Å². The Labute approximate surface area is 138 Å². The average molecular weight is 326 g/mol. The molecule has 23 heavy (non-hydrogen) atoms. The van der Waals surface area contributed by atoms with Gasteiger partial charge in [0.05, 0.1) is 28.9 Å². The Hall–Kier alpha value is -2.18. The summed E-state index contributed by atoms with van der Waals surface area (Å²) in [6.45, 7) is 4.70.